The largest absolute Gasteiger partial charge is 0.342 e. The molecular weight excluding hydrogens is 236 g/mol. The van der Waals surface area contributed by atoms with E-state index >= 15 is 0 Å². The van der Waals surface area contributed by atoms with E-state index in [0.717, 1.165) is 30.8 Å². The number of carbonyl (C=O) groups is 1. The first-order valence-electron chi connectivity index (χ1n) is 8.33. The second-order valence-electron chi connectivity index (χ2n) is 7.31. The van der Waals surface area contributed by atoms with Crippen molar-refractivity contribution in [1.82, 2.24) is 10.2 Å². The number of hydrogen-bond donors (Lipinski definition) is 1. The quantitative estimate of drug-likeness (QED) is 0.826. The van der Waals surface area contributed by atoms with Gasteiger partial charge >= 0.3 is 0 Å². The lowest BCUT2D eigenvalue weighted by molar-refractivity contribution is -0.137. The normalized spacial score (nSPS) is 45.3. The summed E-state index contributed by atoms with van der Waals surface area (Å²) in [6.45, 7) is 3.23. The van der Waals surface area contributed by atoms with Crippen molar-refractivity contribution in [3.8, 4) is 0 Å². The van der Waals surface area contributed by atoms with Crippen molar-refractivity contribution in [3.63, 3.8) is 0 Å². The highest BCUT2D eigenvalue weighted by Gasteiger charge is 2.49. The van der Waals surface area contributed by atoms with E-state index in [1.54, 1.807) is 0 Å². The van der Waals surface area contributed by atoms with Crippen molar-refractivity contribution in [3.05, 3.63) is 0 Å². The maximum atomic E-state index is 12.6. The van der Waals surface area contributed by atoms with Gasteiger partial charge in [0, 0.05) is 25.0 Å². The van der Waals surface area contributed by atoms with Gasteiger partial charge in [-0.15, -0.1) is 0 Å². The van der Waals surface area contributed by atoms with Crippen molar-refractivity contribution < 1.29 is 4.79 Å². The summed E-state index contributed by atoms with van der Waals surface area (Å²) < 4.78 is 0. The summed E-state index contributed by atoms with van der Waals surface area (Å²) in [4.78, 5) is 14.8. The molecule has 2 aliphatic carbocycles. The molecule has 4 atom stereocenters. The Labute approximate surface area is 116 Å². The number of nitrogens with zero attached hydrogens (tertiary/aromatic N) is 1. The molecule has 0 bridgehead atoms. The lowest BCUT2D eigenvalue weighted by Gasteiger charge is -2.37. The summed E-state index contributed by atoms with van der Waals surface area (Å²) in [5.74, 6) is 3.45. The molecular formula is C16H26N2O. The standard InChI is InChI=1S/C16H26N2O/c19-16(14-8-12-7-13(12)9-14)18-6-2-3-11(10-18)15-4-1-5-17-15/h11-15,17H,1-10H2. The molecule has 0 radical (unpaired) electrons. The molecule has 1 amide bonds. The Bertz CT molecular complexity index is 354. The molecule has 2 heterocycles. The van der Waals surface area contributed by atoms with Crippen molar-refractivity contribution in [2.45, 2.75) is 51.0 Å². The summed E-state index contributed by atoms with van der Waals surface area (Å²) in [6, 6.07) is 0.688. The summed E-state index contributed by atoms with van der Waals surface area (Å²) in [7, 11) is 0. The van der Waals surface area contributed by atoms with Crippen LogP contribution >= 0.6 is 0 Å². The van der Waals surface area contributed by atoms with E-state index in [2.05, 4.69) is 10.2 Å². The molecule has 19 heavy (non-hydrogen) atoms. The van der Waals surface area contributed by atoms with Crippen LogP contribution in [0.1, 0.15) is 44.9 Å². The highest BCUT2D eigenvalue weighted by atomic mass is 16.2. The summed E-state index contributed by atoms with van der Waals surface area (Å²) >= 11 is 0. The smallest absolute Gasteiger partial charge is 0.225 e. The van der Waals surface area contributed by atoms with Crippen LogP contribution in [0.25, 0.3) is 0 Å². The Hall–Kier alpha value is -0.570. The first-order valence-corrected chi connectivity index (χ1v) is 8.33. The monoisotopic (exact) mass is 262 g/mol. The lowest BCUT2D eigenvalue weighted by Crippen LogP contribution is -2.47. The Kier molecular flexibility index (Phi) is 3.06. The van der Waals surface area contributed by atoms with E-state index < -0.39 is 0 Å². The van der Waals surface area contributed by atoms with Crippen molar-refractivity contribution in [2.24, 2.45) is 23.7 Å². The molecule has 2 saturated heterocycles. The fourth-order valence-corrected chi connectivity index (χ4v) is 4.83. The molecule has 0 aromatic rings. The summed E-state index contributed by atoms with van der Waals surface area (Å²) in [6.07, 6.45) is 8.99. The number of carbonyl (C=O) groups excluding carboxylic acids is 1. The van der Waals surface area contributed by atoms with Gasteiger partial charge in [-0.3, -0.25) is 4.79 Å². The Balaban J connectivity index is 1.36. The predicted octanol–water partition coefficient (Wildman–Crippen LogP) is 2.02. The van der Waals surface area contributed by atoms with Gasteiger partial charge in [-0.05, 0) is 69.2 Å². The van der Waals surface area contributed by atoms with Gasteiger partial charge in [-0.1, -0.05) is 0 Å². The van der Waals surface area contributed by atoms with E-state index in [1.165, 1.54) is 51.5 Å². The molecule has 1 N–H and O–H groups in total. The molecule has 4 fully saturated rings. The molecule has 3 heteroatoms. The van der Waals surface area contributed by atoms with Gasteiger partial charge in [-0.2, -0.15) is 0 Å². The van der Waals surface area contributed by atoms with Crippen molar-refractivity contribution in [2.75, 3.05) is 19.6 Å². The van der Waals surface area contributed by atoms with Crippen LogP contribution in [0.2, 0.25) is 0 Å². The number of rotatable bonds is 2. The van der Waals surface area contributed by atoms with Gasteiger partial charge in [0.05, 0.1) is 0 Å². The third-order valence-corrected chi connectivity index (χ3v) is 6.03. The summed E-state index contributed by atoms with van der Waals surface area (Å²) in [5.41, 5.74) is 0. The van der Waals surface area contributed by atoms with Gasteiger partial charge in [0.2, 0.25) is 5.91 Å². The van der Waals surface area contributed by atoms with Crippen LogP contribution in [0.4, 0.5) is 0 Å². The zero-order valence-electron chi connectivity index (χ0n) is 11.8. The SMILES string of the molecule is O=C(C1CC2CC2C1)N1CCCC(C2CCCN2)C1. The first kappa shape index (κ1) is 12.2. The highest BCUT2D eigenvalue weighted by Crippen LogP contribution is 2.54. The average molecular weight is 262 g/mol. The predicted molar refractivity (Wildman–Crippen MR) is 74.6 cm³/mol. The molecule has 0 aromatic heterocycles. The molecule has 4 aliphatic rings. The topological polar surface area (TPSA) is 32.3 Å². The Morgan fingerprint density at radius 2 is 1.84 bits per heavy atom. The van der Waals surface area contributed by atoms with Crippen LogP contribution in [0, 0.1) is 23.7 Å². The molecule has 0 spiro atoms. The fraction of sp³-hybridized carbons (Fsp3) is 0.938. The van der Waals surface area contributed by atoms with Gasteiger partial charge in [0.15, 0.2) is 0 Å². The van der Waals surface area contributed by atoms with E-state index in [-0.39, 0.29) is 0 Å². The van der Waals surface area contributed by atoms with Gasteiger partial charge in [0.25, 0.3) is 0 Å². The number of piperidine rings is 1. The molecule has 3 nitrogen and oxygen atoms in total. The second-order valence-corrected chi connectivity index (χ2v) is 7.31. The van der Waals surface area contributed by atoms with Crippen molar-refractivity contribution >= 4 is 5.91 Å². The number of likely N-dealkylation sites (tertiary alicyclic amines) is 1. The van der Waals surface area contributed by atoms with Gasteiger partial charge in [-0.25, -0.2) is 0 Å². The third-order valence-electron chi connectivity index (χ3n) is 6.03. The number of nitrogens with one attached hydrogen (secondary N) is 1. The van der Waals surface area contributed by atoms with Crippen LogP contribution in [-0.4, -0.2) is 36.5 Å². The van der Waals surface area contributed by atoms with Crippen LogP contribution in [0.15, 0.2) is 0 Å². The summed E-state index contributed by atoms with van der Waals surface area (Å²) in [5, 5.41) is 3.63. The maximum Gasteiger partial charge on any atom is 0.225 e. The van der Waals surface area contributed by atoms with E-state index in [4.69, 9.17) is 0 Å². The minimum absolute atomic E-state index is 0.388. The molecule has 2 saturated carbocycles. The van der Waals surface area contributed by atoms with Crippen LogP contribution < -0.4 is 5.32 Å². The zero-order chi connectivity index (χ0) is 12.8. The molecule has 0 aromatic carbocycles. The Morgan fingerprint density at radius 1 is 1.00 bits per heavy atom. The fourth-order valence-electron chi connectivity index (χ4n) is 4.83. The molecule has 4 rings (SSSR count). The maximum absolute atomic E-state index is 12.6. The van der Waals surface area contributed by atoms with Gasteiger partial charge < -0.3 is 10.2 Å². The molecule has 4 unspecified atom stereocenters. The van der Waals surface area contributed by atoms with E-state index in [1.807, 2.05) is 0 Å². The highest BCUT2D eigenvalue weighted by molar-refractivity contribution is 5.79. The molecule has 2 aliphatic heterocycles. The third kappa shape index (κ3) is 2.31. The van der Waals surface area contributed by atoms with Crippen LogP contribution in [-0.2, 0) is 4.79 Å². The van der Waals surface area contributed by atoms with Crippen molar-refractivity contribution in [1.29, 1.82) is 0 Å². The zero-order valence-corrected chi connectivity index (χ0v) is 11.8. The average Bonchev–Trinajstić information content (AvgIpc) is 2.89. The lowest BCUT2D eigenvalue weighted by atomic mass is 9.89. The van der Waals surface area contributed by atoms with Crippen LogP contribution in [0.3, 0.4) is 0 Å². The second kappa shape index (κ2) is 4.76. The first-order chi connectivity index (χ1) is 9.31. The van der Waals surface area contributed by atoms with Gasteiger partial charge in [0.1, 0.15) is 0 Å². The van der Waals surface area contributed by atoms with Crippen LogP contribution in [0.5, 0.6) is 0 Å². The minimum Gasteiger partial charge on any atom is -0.342 e. The number of fused-ring (bicyclic) bond motifs is 1. The molecule has 106 valence electrons. The number of hydrogen-bond acceptors (Lipinski definition) is 2. The van der Waals surface area contributed by atoms with E-state index in [0.29, 0.717) is 17.9 Å². The number of amides is 1. The van der Waals surface area contributed by atoms with E-state index in [9.17, 15) is 4.79 Å². The Morgan fingerprint density at radius 3 is 2.58 bits per heavy atom. The minimum atomic E-state index is 0.388.